The Bertz CT molecular complexity index is 445. The summed E-state index contributed by atoms with van der Waals surface area (Å²) in [6.45, 7) is 6.35. The lowest BCUT2D eigenvalue weighted by Gasteiger charge is -2.13. The molecule has 1 saturated heterocycles. The van der Waals surface area contributed by atoms with Crippen molar-refractivity contribution in [2.24, 2.45) is 4.99 Å². The molecule has 16 heavy (non-hydrogen) atoms. The van der Waals surface area contributed by atoms with E-state index in [1.54, 1.807) is 0 Å². The quantitative estimate of drug-likeness (QED) is 0.837. The van der Waals surface area contributed by atoms with Gasteiger partial charge in [-0.25, -0.2) is 4.98 Å². The Hall–Kier alpha value is -0.880. The van der Waals surface area contributed by atoms with Crippen molar-refractivity contribution in [1.82, 2.24) is 10.3 Å². The van der Waals surface area contributed by atoms with Crippen LogP contribution in [0.3, 0.4) is 0 Å². The maximum atomic E-state index is 11.0. The van der Waals surface area contributed by atoms with Crippen LogP contribution < -0.4 is 5.32 Å². The normalized spacial score (nSPS) is 19.2. The van der Waals surface area contributed by atoms with Gasteiger partial charge >= 0.3 is 0 Å². The topological polar surface area (TPSA) is 54.4 Å². The molecule has 1 aromatic rings. The highest BCUT2D eigenvalue weighted by atomic mass is 32.2. The van der Waals surface area contributed by atoms with Crippen LogP contribution in [0.4, 0.5) is 5.13 Å². The Balaban J connectivity index is 2.17. The van der Waals surface area contributed by atoms with Crippen LogP contribution in [-0.4, -0.2) is 21.8 Å². The van der Waals surface area contributed by atoms with Crippen LogP contribution in [0.15, 0.2) is 10.4 Å². The zero-order valence-electron chi connectivity index (χ0n) is 9.40. The first kappa shape index (κ1) is 11.6. The number of aliphatic imine (C=N–C) groups is 1. The van der Waals surface area contributed by atoms with Crippen LogP contribution in [0.25, 0.3) is 0 Å². The number of rotatable bonds is 1. The number of aromatic nitrogens is 1. The third-order valence-corrected chi connectivity index (χ3v) is 3.65. The second-order valence-electron chi connectivity index (χ2n) is 4.52. The molecule has 1 amide bonds. The molecular formula is C10H13N3OS2. The average molecular weight is 255 g/mol. The van der Waals surface area contributed by atoms with E-state index in [-0.39, 0.29) is 11.3 Å². The molecule has 1 aliphatic heterocycles. The summed E-state index contributed by atoms with van der Waals surface area (Å²) >= 11 is 2.92. The van der Waals surface area contributed by atoms with Crippen LogP contribution in [0, 0.1) is 0 Å². The molecule has 1 N–H and O–H groups in total. The van der Waals surface area contributed by atoms with E-state index >= 15 is 0 Å². The molecular weight excluding hydrogens is 242 g/mol. The van der Waals surface area contributed by atoms with E-state index in [1.807, 2.05) is 5.38 Å². The molecule has 0 saturated carbocycles. The Morgan fingerprint density at radius 3 is 2.75 bits per heavy atom. The molecule has 86 valence electrons. The number of carbonyl (C=O) groups excluding carboxylic acids is 1. The van der Waals surface area contributed by atoms with Crippen molar-refractivity contribution >= 4 is 39.3 Å². The standard InChI is InChI=1S/C10H13N3OS2/c1-10(2,3)6-4-15-8(11-6)13-9-12-7(14)5-16-9/h4H,5H2,1-3H3,(H,11,12,13,14). The highest BCUT2D eigenvalue weighted by molar-refractivity contribution is 8.15. The summed E-state index contributed by atoms with van der Waals surface area (Å²) in [5.41, 5.74) is 1.08. The molecule has 2 rings (SSSR count). The SMILES string of the molecule is CC(C)(C)c1csc(N=C2NC(=O)CS2)n1. The third kappa shape index (κ3) is 2.62. The summed E-state index contributed by atoms with van der Waals surface area (Å²) in [5.74, 6) is 0.465. The van der Waals surface area contributed by atoms with Crippen LogP contribution in [0.2, 0.25) is 0 Å². The molecule has 4 nitrogen and oxygen atoms in total. The number of amidine groups is 1. The van der Waals surface area contributed by atoms with E-state index in [1.165, 1.54) is 23.1 Å². The van der Waals surface area contributed by atoms with Gasteiger partial charge in [0.05, 0.1) is 11.4 Å². The number of amides is 1. The summed E-state index contributed by atoms with van der Waals surface area (Å²) < 4.78 is 0. The van der Waals surface area contributed by atoms with E-state index < -0.39 is 0 Å². The highest BCUT2D eigenvalue weighted by Gasteiger charge is 2.19. The number of thiazole rings is 1. The largest absolute Gasteiger partial charge is 0.304 e. The van der Waals surface area contributed by atoms with Crippen LogP contribution >= 0.6 is 23.1 Å². The van der Waals surface area contributed by atoms with Gasteiger partial charge in [-0.2, -0.15) is 4.99 Å². The lowest BCUT2D eigenvalue weighted by molar-refractivity contribution is -0.116. The molecule has 0 radical (unpaired) electrons. The van der Waals surface area contributed by atoms with Gasteiger partial charge in [0, 0.05) is 10.8 Å². The third-order valence-electron chi connectivity index (χ3n) is 2.04. The predicted molar refractivity (Wildman–Crippen MR) is 68.5 cm³/mol. The van der Waals surface area contributed by atoms with Crippen molar-refractivity contribution in [3.63, 3.8) is 0 Å². The monoisotopic (exact) mass is 255 g/mol. The second kappa shape index (κ2) is 4.18. The van der Waals surface area contributed by atoms with Crippen molar-refractivity contribution in [3.8, 4) is 0 Å². The van der Waals surface area contributed by atoms with Crippen LogP contribution in [-0.2, 0) is 10.2 Å². The molecule has 0 spiro atoms. The lowest BCUT2D eigenvalue weighted by atomic mass is 9.93. The smallest absolute Gasteiger partial charge is 0.236 e. The van der Waals surface area contributed by atoms with Gasteiger partial charge in [0.15, 0.2) is 5.17 Å². The Morgan fingerprint density at radius 1 is 1.50 bits per heavy atom. The first-order valence-electron chi connectivity index (χ1n) is 4.92. The summed E-state index contributed by atoms with van der Waals surface area (Å²) in [5, 5.41) is 6.06. The molecule has 6 heteroatoms. The fraction of sp³-hybridized carbons (Fsp3) is 0.500. The minimum atomic E-state index is 0.0105. The number of nitrogens with zero attached hydrogens (tertiary/aromatic N) is 2. The van der Waals surface area contributed by atoms with Gasteiger partial charge in [-0.05, 0) is 0 Å². The van der Waals surface area contributed by atoms with Gasteiger partial charge in [0.2, 0.25) is 11.0 Å². The predicted octanol–water partition coefficient (Wildman–Crippen LogP) is 2.29. The molecule has 0 aromatic carbocycles. The van der Waals surface area contributed by atoms with Crippen molar-refractivity contribution in [2.45, 2.75) is 26.2 Å². The summed E-state index contributed by atoms with van der Waals surface area (Å²) in [6, 6.07) is 0. The first-order chi connectivity index (χ1) is 7.45. The minimum Gasteiger partial charge on any atom is -0.304 e. The Kier molecular flexibility index (Phi) is 3.03. The van der Waals surface area contributed by atoms with Crippen LogP contribution in [0.1, 0.15) is 26.5 Å². The minimum absolute atomic E-state index is 0.0105. The van der Waals surface area contributed by atoms with Crippen molar-refractivity contribution < 1.29 is 4.79 Å². The van der Waals surface area contributed by atoms with E-state index in [0.29, 0.717) is 16.1 Å². The molecule has 0 atom stereocenters. The molecule has 2 heterocycles. The highest BCUT2D eigenvalue weighted by Crippen LogP contribution is 2.28. The number of thioether (sulfide) groups is 1. The van der Waals surface area contributed by atoms with Crippen molar-refractivity contribution in [3.05, 3.63) is 11.1 Å². The number of carbonyl (C=O) groups is 1. The van der Waals surface area contributed by atoms with Crippen molar-refractivity contribution in [1.29, 1.82) is 0 Å². The van der Waals surface area contributed by atoms with Gasteiger partial charge < -0.3 is 5.32 Å². The van der Waals surface area contributed by atoms with Gasteiger partial charge in [-0.15, -0.1) is 11.3 Å². The molecule has 1 aliphatic rings. The van der Waals surface area contributed by atoms with Gasteiger partial charge in [0.25, 0.3) is 0 Å². The fourth-order valence-electron chi connectivity index (χ4n) is 1.13. The molecule has 1 fully saturated rings. The zero-order chi connectivity index (χ0) is 11.8. The van der Waals surface area contributed by atoms with E-state index in [4.69, 9.17) is 0 Å². The molecule has 0 unspecified atom stereocenters. The van der Waals surface area contributed by atoms with E-state index in [9.17, 15) is 4.79 Å². The summed E-state index contributed by atoms with van der Waals surface area (Å²) in [6.07, 6.45) is 0. The van der Waals surface area contributed by atoms with Gasteiger partial charge in [-0.1, -0.05) is 32.5 Å². The molecule has 1 aromatic heterocycles. The number of hydrogen-bond acceptors (Lipinski definition) is 5. The Labute approximate surface area is 103 Å². The van der Waals surface area contributed by atoms with E-state index in [0.717, 1.165) is 5.69 Å². The maximum absolute atomic E-state index is 11.0. The number of hydrogen-bond donors (Lipinski definition) is 1. The summed E-state index contributed by atoms with van der Waals surface area (Å²) in [7, 11) is 0. The first-order valence-corrected chi connectivity index (χ1v) is 6.79. The van der Waals surface area contributed by atoms with E-state index in [2.05, 4.69) is 36.1 Å². The van der Waals surface area contributed by atoms with Gasteiger partial charge in [-0.3, -0.25) is 4.79 Å². The van der Waals surface area contributed by atoms with Crippen LogP contribution in [0.5, 0.6) is 0 Å². The molecule has 0 aliphatic carbocycles. The Morgan fingerprint density at radius 2 is 2.25 bits per heavy atom. The summed E-state index contributed by atoms with van der Waals surface area (Å²) in [4.78, 5) is 19.7. The number of nitrogens with one attached hydrogen (secondary N) is 1. The fourth-order valence-corrected chi connectivity index (χ4v) is 2.79. The van der Waals surface area contributed by atoms with Crippen molar-refractivity contribution in [2.75, 3.05) is 5.75 Å². The zero-order valence-corrected chi connectivity index (χ0v) is 11.0. The lowest BCUT2D eigenvalue weighted by Crippen LogP contribution is -2.19. The second-order valence-corrected chi connectivity index (χ2v) is 6.32. The average Bonchev–Trinajstić information content (AvgIpc) is 2.74. The van der Waals surface area contributed by atoms with Gasteiger partial charge in [0.1, 0.15) is 0 Å². The molecule has 0 bridgehead atoms. The maximum Gasteiger partial charge on any atom is 0.236 e.